The fourth-order valence-electron chi connectivity index (χ4n) is 2.09. The van der Waals surface area contributed by atoms with Crippen molar-refractivity contribution in [2.24, 2.45) is 0 Å². The number of urea groups is 1. The Hall–Kier alpha value is -2.49. The van der Waals surface area contributed by atoms with Crippen LogP contribution in [0.2, 0.25) is 0 Å². The Morgan fingerprint density at radius 1 is 1.15 bits per heavy atom. The van der Waals surface area contributed by atoms with Crippen LogP contribution in [0.15, 0.2) is 42.5 Å². The molecule has 20 heavy (non-hydrogen) atoms. The van der Waals surface area contributed by atoms with Gasteiger partial charge in [0.1, 0.15) is 0 Å². The minimum Gasteiger partial charge on any atom is -0.399 e. The largest absolute Gasteiger partial charge is 0.399 e. The molecule has 0 spiro atoms. The van der Waals surface area contributed by atoms with Gasteiger partial charge < -0.3 is 16.4 Å². The van der Waals surface area contributed by atoms with Crippen LogP contribution in [0.5, 0.6) is 0 Å². The number of nitrogens with two attached hydrogens (primary N) is 1. The summed E-state index contributed by atoms with van der Waals surface area (Å²) in [7, 11) is 0. The molecule has 0 heterocycles. The Labute approximate surface area is 119 Å². The Morgan fingerprint density at radius 2 is 1.90 bits per heavy atom. The number of nitrogens with one attached hydrogen (secondary N) is 2. The van der Waals surface area contributed by atoms with Crippen LogP contribution < -0.4 is 16.4 Å². The van der Waals surface area contributed by atoms with Crippen LogP contribution in [-0.2, 0) is 6.42 Å². The Bertz CT molecular complexity index is 623. The number of aryl methyl sites for hydroxylation is 2. The SMILES string of the molecule is CCc1cccc(C)c1NC(=O)Nc1cccc(N)c1. The second kappa shape index (κ2) is 6.10. The average molecular weight is 269 g/mol. The minimum atomic E-state index is -0.264. The van der Waals surface area contributed by atoms with Gasteiger partial charge in [0, 0.05) is 17.1 Å². The molecule has 2 rings (SSSR count). The van der Waals surface area contributed by atoms with Crippen molar-refractivity contribution in [1.82, 2.24) is 0 Å². The molecule has 4 heteroatoms. The summed E-state index contributed by atoms with van der Waals surface area (Å²) in [6.07, 6.45) is 0.871. The molecule has 104 valence electrons. The van der Waals surface area contributed by atoms with Gasteiger partial charge in [0.15, 0.2) is 0 Å². The van der Waals surface area contributed by atoms with Crippen LogP contribution >= 0.6 is 0 Å². The van der Waals surface area contributed by atoms with E-state index in [0.717, 1.165) is 23.2 Å². The molecule has 0 fully saturated rings. The molecular weight excluding hydrogens is 250 g/mol. The Kier molecular flexibility index (Phi) is 4.25. The van der Waals surface area contributed by atoms with Gasteiger partial charge in [-0.3, -0.25) is 0 Å². The Morgan fingerprint density at radius 3 is 2.60 bits per heavy atom. The molecule has 0 aromatic heterocycles. The van der Waals surface area contributed by atoms with E-state index in [9.17, 15) is 4.79 Å². The normalized spacial score (nSPS) is 10.1. The number of amides is 2. The summed E-state index contributed by atoms with van der Waals surface area (Å²) in [5.74, 6) is 0. The number of nitrogen functional groups attached to an aromatic ring is 1. The molecule has 0 atom stereocenters. The molecule has 0 saturated carbocycles. The van der Waals surface area contributed by atoms with Gasteiger partial charge in [0.25, 0.3) is 0 Å². The van der Waals surface area contributed by atoms with Gasteiger partial charge in [-0.1, -0.05) is 31.2 Å². The van der Waals surface area contributed by atoms with Crippen molar-refractivity contribution in [2.45, 2.75) is 20.3 Å². The molecule has 0 aliphatic heterocycles. The summed E-state index contributed by atoms with van der Waals surface area (Å²) in [5.41, 5.74) is 10.0. The van der Waals surface area contributed by atoms with Crippen molar-refractivity contribution in [3.05, 3.63) is 53.6 Å². The van der Waals surface area contributed by atoms with Crippen molar-refractivity contribution in [2.75, 3.05) is 16.4 Å². The number of anilines is 3. The van der Waals surface area contributed by atoms with Gasteiger partial charge in [0.05, 0.1) is 0 Å². The van der Waals surface area contributed by atoms with Crippen molar-refractivity contribution in [3.8, 4) is 0 Å². The standard InChI is InChI=1S/C16H19N3O/c1-3-12-7-4-6-11(2)15(12)19-16(20)18-14-9-5-8-13(17)10-14/h4-10H,3,17H2,1-2H3,(H2,18,19,20). The van der Waals surface area contributed by atoms with Gasteiger partial charge in [-0.25, -0.2) is 4.79 Å². The third-order valence-electron chi connectivity index (χ3n) is 3.12. The fourth-order valence-corrected chi connectivity index (χ4v) is 2.09. The summed E-state index contributed by atoms with van der Waals surface area (Å²) in [6, 6.07) is 12.8. The lowest BCUT2D eigenvalue weighted by molar-refractivity contribution is 0.262. The lowest BCUT2D eigenvalue weighted by Crippen LogP contribution is -2.20. The van der Waals surface area contributed by atoms with Crippen LogP contribution in [0.4, 0.5) is 21.9 Å². The number of benzene rings is 2. The van der Waals surface area contributed by atoms with Gasteiger partial charge in [-0.05, 0) is 42.7 Å². The summed E-state index contributed by atoms with van der Waals surface area (Å²) in [5, 5.41) is 5.69. The van der Waals surface area contributed by atoms with Crippen LogP contribution in [0.1, 0.15) is 18.1 Å². The molecule has 2 aromatic carbocycles. The van der Waals surface area contributed by atoms with Gasteiger partial charge in [-0.15, -0.1) is 0 Å². The van der Waals surface area contributed by atoms with E-state index in [2.05, 4.69) is 17.6 Å². The van der Waals surface area contributed by atoms with Gasteiger partial charge >= 0.3 is 6.03 Å². The van der Waals surface area contributed by atoms with E-state index in [0.29, 0.717) is 11.4 Å². The molecule has 0 saturated heterocycles. The monoisotopic (exact) mass is 269 g/mol. The zero-order chi connectivity index (χ0) is 14.5. The number of hydrogen-bond acceptors (Lipinski definition) is 2. The molecular formula is C16H19N3O. The first-order valence-corrected chi connectivity index (χ1v) is 6.62. The van der Waals surface area contributed by atoms with E-state index in [1.807, 2.05) is 25.1 Å². The Balaban J connectivity index is 2.12. The third-order valence-corrected chi connectivity index (χ3v) is 3.12. The summed E-state index contributed by atoms with van der Waals surface area (Å²) >= 11 is 0. The fraction of sp³-hybridized carbons (Fsp3) is 0.188. The highest BCUT2D eigenvalue weighted by Gasteiger charge is 2.08. The minimum absolute atomic E-state index is 0.264. The second-order valence-electron chi connectivity index (χ2n) is 4.67. The quantitative estimate of drug-likeness (QED) is 0.742. The maximum Gasteiger partial charge on any atom is 0.323 e. The predicted molar refractivity (Wildman–Crippen MR) is 84.1 cm³/mol. The van der Waals surface area contributed by atoms with E-state index in [-0.39, 0.29) is 6.03 Å². The summed E-state index contributed by atoms with van der Waals surface area (Å²) < 4.78 is 0. The zero-order valence-corrected chi connectivity index (χ0v) is 11.7. The molecule has 2 aromatic rings. The lowest BCUT2D eigenvalue weighted by atomic mass is 10.1. The molecule has 0 aliphatic carbocycles. The number of carbonyl (C=O) groups is 1. The van der Waals surface area contributed by atoms with Gasteiger partial charge in [-0.2, -0.15) is 0 Å². The average Bonchev–Trinajstić information content (AvgIpc) is 2.41. The molecule has 2 amide bonds. The second-order valence-corrected chi connectivity index (χ2v) is 4.67. The van der Waals surface area contributed by atoms with Crippen LogP contribution in [0.25, 0.3) is 0 Å². The maximum atomic E-state index is 12.1. The van der Waals surface area contributed by atoms with E-state index >= 15 is 0 Å². The van der Waals surface area contributed by atoms with Crippen LogP contribution in [0.3, 0.4) is 0 Å². The highest BCUT2D eigenvalue weighted by atomic mass is 16.2. The summed E-state index contributed by atoms with van der Waals surface area (Å²) in [4.78, 5) is 12.1. The molecule has 0 bridgehead atoms. The first-order valence-electron chi connectivity index (χ1n) is 6.62. The number of carbonyl (C=O) groups excluding carboxylic acids is 1. The number of rotatable bonds is 3. The van der Waals surface area contributed by atoms with E-state index in [1.54, 1.807) is 24.3 Å². The molecule has 4 N–H and O–H groups in total. The topological polar surface area (TPSA) is 67.2 Å². The van der Waals surface area contributed by atoms with E-state index < -0.39 is 0 Å². The predicted octanol–water partition coefficient (Wildman–Crippen LogP) is 3.78. The first kappa shape index (κ1) is 13.9. The lowest BCUT2D eigenvalue weighted by Gasteiger charge is -2.13. The molecule has 0 aliphatic rings. The van der Waals surface area contributed by atoms with E-state index in [4.69, 9.17) is 5.73 Å². The van der Waals surface area contributed by atoms with Crippen molar-refractivity contribution >= 4 is 23.1 Å². The highest BCUT2D eigenvalue weighted by molar-refractivity contribution is 6.00. The van der Waals surface area contributed by atoms with Crippen molar-refractivity contribution in [1.29, 1.82) is 0 Å². The summed E-state index contributed by atoms with van der Waals surface area (Å²) in [6.45, 7) is 4.05. The van der Waals surface area contributed by atoms with Crippen molar-refractivity contribution in [3.63, 3.8) is 0 Å². The highest BCUT2D eigenvalue weighted by Crippen LogP contribution is 2.21. The van der Waals surface area contributed by atoms with Crippen LogP contribution in [0, 0.1) is 6.92 Å². The maximum absolute atomic E-state index is 12.1. The molecule has 4 nitrogen and oxygen atoms in total. The smallest absolute Gasteiger partial charge is 0.323 e. The zero-order valence-electron chi connectivity index (χ0n) is 11.7. The van der Waals surface area contributed by atoms with E-state index in [1.165, 1.54) is 0 Å². The number of para-hydroxylation sites is 1. The third kappa shape index (κ3) is 3.29. The van der Waals surface area contributed by atoms with Crippen molar-refractivity contribution < 1.29 is 4.79 Å². The van der Waals surface area contributed by atoms with Gasteiger partial charge in [0.2, 0.25) is 0 Å². The number of hydrogen-bond donors (Lipinski definition) is 3. The molecule has 0 unspecified atom stereocenters. The molecule has 0 radical (unpaired) electrons. The van der Waals surface area contributed by atoms with Crippen LogP contribution in [-0.4, -0.2) is 6.03 Å². The first-order chi connectivity index (χ1) is 9.60.